The predicted octanol–water partition coefficient (Wildman–Crippen LogP) is 5.02. The van der Waals surface area contributed by atoms with Gasteiger partial charge in [-0.05, 0) is 54.4 Å². The van der Waals surface area contributed by atoms with Crippen molar-refractivity contribution < 1.29 is 14.3 Å². The molecule has 1 aliphatic heterocycles. The predicted molar refractivity (Wildman–Crippen MR) is 105 cm³/mol. The van der Waals surface area contributed by atoms with Crippen LogP contribution in [0.1, 0.15) is 17.5 Å². The lowest BCUT2D eigenvalue weighted by molar-refractivity contribution is -0.122. The van der Waals surface area contributed by atoms with Gasteiger partial charge in [-0.25, -0.2) is 0 Å². The summed E-state index contributed by atoms with van der Waals surface area (Å²) in [6.45, 7) is 0.406. The lowest BCUT2D eigenvalue weighted by Gasteiger charge is -2.12. The highest BCUT2D eigenvalue weighted by molar-refractivity contribution is 8.18. The van der Waals surface area contributed by atoms with Crippen LogP contribution in [0.25, 0.3) is 6.08 Å². The first kappa shape index (κ1) is 18.5. The third kappa shape index (κ3) is 4.29. The quantitative estimate of drug-likeness (QED) is 0.653. The first-order valence-corrected chi connectivity index (χ1v) is 9.41. The second-order valence-corrected chi connectivity index (χ2v) is 7.24. The van der Waals surface area contributed by atoms with Crippen LogP contribution in [0.2, 0.25) is 5.02 Å². The highest BCUT2D eigenvalue weighted by atomic mass is 35.5. The Balaban J connectivity index is 1.69. The molecule has 6 heteroatoms. The number of thioether (sulfide) groups is 1. The second-order valence-electron chi connectivity index (χ2n) is 5.81. The Hall–Kier alpha value is -2.24. The number of halogens is 1. The molecule has 1 heterocycles. The van der Waals surface area contributed by atoms with Crippen molar-refractivity contribution in [3.63, 3.8) is 0 Å². The maximum Gasteiger partial charge on any atom is 0.293 e. The first-order valence-electron chi connectivity index (χ1n) is 8.21. The highest BCUT2D eigenvalue weighted by Crippen LogP contribution is 2.34. The fourth-order valence-electron chi connectivity index (χ4n) is 2.74. The Kier molecular flexibility index (Phi) is 6.01. The molecular formula is C20H18ClNO3S. The Morgan fingerprint density at radius 1 is 1.15 bits per heavy atom. The standard InChI is InChI=1S/C20H18ClNO3S/c1-25-17-10-9-16(21)12-15(17)13-18-19(23)22(20(24)26-18)11-5-8-14-6-3-2-4-7-14/h2-4,6-7,9-10,12-13H,5,8,11H2,1H3/b18-13+. The minimum absolute atomic E-state index is 0.240. The fraction of sp³-hybridized carbons (Fsp3) is 0.200. The molecule has 4 nitrogen and oxygen atoms in total. The Labute approximate surface area is 161 Å². The molecular weight excluding hydrogens is 370 g/mol. The molecule has 0 radical (unpaired) electrons. The fourth-order valence-corrected chi connectivity index (χ4v) is 3.77. The van der Waals surface area contributed by atoms with E-state index < -0.39 is 0 Å². The Bertz CT molecular complexity index is 851. The maximum atomic E-state index is 12.6. The molecule has 0 saturated carbocycles. The molecule has 0 spiro atoms. The van der Waals surface area contributed by atoms with Crippen LogP contribution in [0.4, 0.5) is 4.79 Å². The van der Waals surface area contributed by atoms with Crippen molar-refractivity contribution in [3.8, 4) is 5.75 Å². The van der Waals surface area contributed by atoms with Crippen molar-refractivity contribution in [3.05, 3.63) is 69.6 Å². The molecule has 2 aromatic carbocycles. The minimum Gasteiger partial charge on any atom is -0.496 e. The van der Waals surface area contributed by atoms with Gasteiger partial charge in [-0.2, -0.15) is 0 Å². The number of carbonyl (C=O) groups is 2. The van der Waals surface area contributed by atoms with Crippen molar-refractivity contribution in [2.24, 2.45) is 0 Å². The van der Waals surface area contributed by atoms with Gasteiger partial charge in [0.05, 0.1) is 12.0 Å². The van der Waals surface area contributed by atoms with Crippen LogP contribution in [-0.4, -0.2) is 29.7 Å². The van der Waals surface area contributed by atoms with E-state index in [1.807, 2.05) is 30.3 Å². The lowest BCUT2D eigenvalue weighted by atomic mass is 10.1. The van der Waals surface area contributed by atoms with E-state index in [0.29, 0.717) is 27.8 Å². The Morgan fingerprint density at radius 2 is 1.92 bits per heavy atom. The topological polar surface area (TPSA) is 46.6 Å². The van der Waals surface area contributed by atoms with Crippen LogP contribution < -0.4 is 4.74 Å². The van der Waals surface area contributed by atoms with E-state index in [2.05, 4.69) is 0 Å². The molecule has 3 rings (SSSR count). The molecule has 0 N–H and O–H groups in total. The van der Waals surface area contributed by atoms with Crippen LogP contribution >= 0.6 is 23.4 Å². The number of hydrogen-bond donors (Lipinski definition) is 0. The Morgan fingerprint density at radius 3 is 2.65 bits per heavy atom. The molecule has 0 unspecified atom stereocenters. The number of ether oxygens (including phenoxy) is 1. The van der Waals surface area contributed by atoms with Crippen molar-refractivity contribution in [1.82, 2.24) is 4.90 Å². The summed E-state index contributed by atoms with van der Waals surface area (Å²) in [5, 5.41) is 0.300. The van der Waals surface area contributed by atoms with Gasteiger partial charge in [0.2, 0.25) is 0 Å². The van der Waals surface area contributed by atoms with Crippen LogP contribution in [0.3, 0.4) is 0 Å². The number of aryl methyl sites for hydroxylation is 1. The number of rotatable bonds is 6. The minimum atomic E-state index is -0.268. The summed E-state index contributed by atoms with van der Waals surface area (Å²) >= 11 is 6.97. The van der Waals surface area contributed by atoms with Crippen LogP contribution in [0.5, 0.6) is 5.75 Å². The number of carbonyl (C=O) groups excluding carboxylic acids is 2. The van der Waals surface area contributed by atoms with E-state index in [9.17, 15) is 9.59 Å². The first-order chi connectivity index (χ1) is 12.6. The number of imide groups is 1. The number of amides is 2. The van der Waals surface area contributed by atoms with Gasteiger partial charge in [0.25, 0.3) is 11.1 Å². The van der Waals surface area contributed by atoms with Gasteiger partial charge in [0.1, 0.15) is 5.75 Å². The van der Waals surface area contributed by atoms with Gasteiger partial charge in [0, 0.05) is 17.1 Å². The van der Waals surface area contributed by atoms with Crippen molar-refractivity contribution in [2.45, 2.75) is 12.8 Å². The zero-order chi connectivity index (χ0) is 18.5. The maximum absolute atomic E-state index is 12.6. The normalized spacial score (nSPS) is 15.8. The molecule has 2 aromatic rings. The van der Waals surface area contributed by atoms with Gasteiger partial charge in [-0.1, -0.05) is 41.9 Å². The van der Waals surface area contributed by atoms with E-state index in [0.717, 1.165) is 24.6 Å². The second kappa shape index (κ2) is 8.43. The summed E-state index contributed by atoms with van der Waals surface area (Å²) in [5.74, 6) is 0.334. The number of hydrogen-bond acceptors (Lipinski definition) is 4. The molecule has 2 amide bonds. The average molecular weight is 388 g/mol. The summed E-state index contributed by atoms with van der Waals surface area (Å²) in [7, 11) is 1.55. The molecule has 134 valence electrons. The van der Waals surface area contributed by atoms with Gasteiger partial charge in [-0.3, -0.25) is 14.5 Å². The van der Waals surface area contributed by atoms with Crippen LogP contribution in [0, 0.1) is 0 Å². The van der Waals surface area contributed by atoms with E-state index in [1.54, 1.807) is 31.4 Å². The summed E-state index contributed by atoms with van der Waals surface area (Å²) in [6.07, 6.45) is 3.21. The summed E-state index contributed by atoms with van der Waals surface area (Å²) in [4.78, 5) is 26.5. The third-order valence-electron chi connectivity index (χ3n) is 4.04. The number of benzene rings is 2. The van der Waals surface area contributed by atoms with E-state index in [-0.39, 0.29) is 11.1 Å². The molecule has 1 saturated heterocycles. The van der Waals surface area contributed by atoms with Gasteiger partial charge >= 0.3 is 0 Å². The molecule has 1 fully saturated rings. The van der Waals surface area contributed by atoms with E-state index in [4.69, 9.17) is 16.3 Å². The third-order valence-corrected chi connectivity index (χ3v) is 5.18. The van der Waals surface area contributed by atoms with Crippen molar-refractivity contribution in [2.75, 3.05) is 13.7 Å². The lowest BCUT2D eigenvalue weighted by Crippen LogP contribution is -2.29. The molecule has 0 atom stereocenters. The van der Waals surface area contributed by atoms with Gasteiger partial charge < -0.3 is 4.74 Å². The van der Waals surface area contributed by atoms with E-state index >= 15 is 0 Å². The van der Waals surface area contributed by atoms with E-state index in [1.165, 1.54) is 10.5 Å². The summed E-state index contributed by atoms with van der Waals surface area (Å²) < 4.78 is 5.29. The zero-order valence-corrected chi connectivity index (χ0v) is 15.8. The van der Waals surface area contributed by atoms with Crippen LogP contribution in [-0.2, 0) is 11.2 Å². The highest BCUT2D eigenvalue weighted by Gasteiger charge is 2.34. The molecule has 0 aromatic heterocycles. The smallest absolute Gasteiger partial charge is 0.293 e. The van der Waals surface area contributed by atoms with Crippen molar-refractivity contribution in [1.29, 1.82) is 0 Å². The molecule has 26 heavy (non-hydrogen) atoms. The van der Waals surface area contributed by atoms with Gasteiger partial charge in [0.15, 0.2) is 0 Å². The SMILES string of the molecule is COc1ccc(Cl)cc1/C=C1/SC(=O)N(CCCc2ccccc2)C1=O. The summed E-state index contributed by atoms with van der Waals surface area (Å²) in [6, 6.07) is 15.2. The largest absolute Gasteiger partial charge is 0.496 e. The number of methoxy groups -OCH3 is 1. The molecule has 0 bridgehead atoms. The molecule has 0 aliphatic carbocycles. The molecule has 1 aliphatic rings. The van der Waals surface area contributed by atoms with Crippen LogP contribution in [0.15, 0.2) is 53.4 Å². The average Bonchev–Trinajstić information content (AvgIpc) is 2.90. The summed E-state index contributed by atoms with van der Waals surface area (Å²) in [5.41, 5.74) is 1.87. The number of nitrogens with zero attached hydrogens (tertiary/aromatic N) is 1. The monoisotopic (exact) mass is 387 g/mol. The zero-order valence-electron chi connectivity index (χ0n) is 14.3. The van der Waals surface area contributed by atoms with Gasteiger partial charge in [-0.15, -0.1) is 0 Å². The van der Waals surface area contributed by atoms with Crippen molar-refractivity contribution >= 4 is 40.6 Å².